The normalized spacial score (nSPS) is 24.8. The van der Waals surface area contributed by atoms with E-state index >= 15 is 0 Å². The predicted molar refractivity (Wildman–Crippen MR) is 139 cm³/mol. The Hall–Kier alpha value is -2.82. The zero-order valence-corrected chi connectivity index (χ0v) is 20.9. The fourth-order valence-corrected chi connectivity index (χ4v) is 7.40. The summed E-state index contributed by atoms with van der Waals surface area (Å²) in [6.07, 6.45) is 9.05. The summed E-state index contributed by atoms with van der Waals surface area (Å²) in [5, 5.41) is 1.30. The van der Waals surface area contributed by atoms with Crippen LogP contribution in [0.2, 0.25) is 0 Å². The molecule has 35 heavy (non-hydrogen) atoms. The highest BCUT2D eigenvalue weighted by Crippen LogP contribution is 2.52. The molecule has 3 aliphatic rings. The first-order valence-electron chi connectivity index (χ1n) is 13.4. The van der Waals surface area contributed by atoms with E-state index in [4.69, 9.17) is 0 Å². The number of hydrogen-bond donors (Lipinski definition) is 1. The van der Waals surface area contributed by atoms with Gasteiger partial charge in [0, 0.05) is 43.2 Å². The number of halogens is 1. The van der Waals surface area contributed by atoms with Crippen molar-refractivity contribution < 1.29 is 9.18 Å². The van der Waals surface area contributed by atoms with Crippen molar-refractivity contribution in [2.75, 3.05) is 25.5 Å². The Labute approximate surface area is 207 Å². The summed E-state index contributed by atoms with van der Waals surface area (Å²) in [7, 11) is 3.85. The number of amides is 1. The lowest BCUT2D eigenvalue weighted by molar-refractivity contribution is -0.145. The Morgan fingerprint density at radius 1 is 1.03 bits per heavy atom. The second-order valence-corrected chi connectivity index (χ2v) is 11.1. The Morgan fingerprint density at radius 2 is 1.77 bits per heavy atom. The smallest absolute Gasteiger partial charge is 0.226 e. The molecular formula is C30H36FN3O. The van der Waals surface area contributed by atoms with Crippen LogP contribution in [-0.2, 0) is 16.8 Å². The molecule has 1 aliphatic heterocycles. The molecule has 1 N–H and O–H groups in total. The van der Waals surface area contributed by atoms with Crippen molar-refractivity contribution in [1.29, 1.82) is 0 Å². The minimum atomic E-state index is -0.283. The molecule has 0 saturated heterocycles. The number of anilines is 1. The van der Waals surface area contributed by atoms with Crippen LogP contribution in [0.3, 0.4) is 0 Å². The van der Waals surface area contributed by atoms with Gasteiger partial charge in [-0.15, -0.1) is 0 Å². The molecule has 2 fully saturated rings. The summed E-state index contributed by atoms with van der Waals surface area (Å²) in [6.45, 7) is 0.803. The molecule has 0 radical (unpaired) electrons. The number of benzene rings is 2. The maximum absolute atomic E-state index is 14.8. The van der Waals surface area contributed by atoms with Crippen LogP contribution in [-0.4, -0.2) is 36.4 Å². The number of H-pyrrole nitrogens is 1. The molecule has 1 aromatic heterocycles. The molecular weight excluding hydrogens is 437 g/mol. The highest BCUT2D eigenvalue weighted by atomic mass is 19.1. The molecule has 3 aromatic rings. The van der Waals surface area contributed by atoms with Gasteiger partial charge in [-0.05, 0) is 74.1 Å². The second kappa shape index (κ2) is 8.69. The zero-order valence-electron chi connectivity index (χ0n) is 20.9. The summed E-state index contributed by atoms with van der Waals surface area (Å²) < 4.78 is 14.8. The molecule has 184 valence electrons. The standard InChI is InChI=1S/C30H36FN3O/c1-33(2)27-22(11-7-12-25(27)31)20-14-17-30(18-15-20)28-24(23-10-5-6-13-26(23)32-28)16-19-34(30)29(35)21-8-3-4-9-21/h5-7,10-13,20-21,32H,3-4,8-9,14-19H2,1-2H3. The van der Waals surface area contributed by atoms with E-state index in [1.807, 2.05) is 25.1 Å². The van der Waals surface area contributed by atoms with Crippen LogP contribution in [0.5, 0.6) is 0 Å². The maximum Gasteiger partial charge on any atom is 0.226 e. The molecule has 6 rings (SSSR count). The number of nitrogens with one attached hydrogen (secondary N) is 1. The number of carbonyl (C=O) groups excluding carboxylic acids is 1. The van der Waals surface area contributed by atoms with Crippen LogP contribution in [0.4, 0.5) is 10.1 Å². The molecule has 5 heteroatoms. The summed E-state index contributed by atoms with van der Waals surface area (Å²) in [5.41, 5.74) is 5.37. The number of aromatic nitrogens is 1. The third-order valence-corrected chi connectivity index (χ3v) is 9.07. The summed E-state index contributed by atoms with van der Waals surface area (Å²) in [5.74, 6) is 0.692. The van der Waals surface area contributed by atoms with Gasteiger partial charge < -0.3 is 14.8 Å². The molecule has 2 aromatic carbocycles. The number of nitrogens with zero attached hydrogens (tertiary/aromatic N) is 2. The number of para-hydroxylation sites is 2. The average molecular weight is 474 g/mol. The summed E-state index contributed by atoms with van der Waals surface area (Å²) >= 11 is 0. The molecule has 2 heterocycles. The van der Waals surface area contributed by atoms with Gasteiger partial charge in [0.05, 0.1) is 11.2 Å². The van der Waals surface area contributed by atoms with Crippen molar-refractivity contribution in [2.24, 2.45) is 5.92 Å². The van der Waals surface area contributed by atoms with Gasteiger partial charge in [0.15, 0.2) is 0 Å². The van der Waals surface area contributed by atoms with E-state index < -0.39 is 0 Å². The van der Waals surface area contributed by atoms with E-state index in [2.05, 4.69) is 40.2 Å². The predicted octanol–water partition coefficient (Wildman–Crippen LogP) is 6.50. The first-order chi connectivity index (χ1) is 17.0. The SMILES string of the molecule is CN(C)c1c(F)cccc1C1CCC2(CC1)c1[nH]c3ccccc3c1CCN2C(=O)C1CCCC1. The van der Waals surface area contributed by atoms with Crippen molar-refractivity contribution in [1.82, 2.24) is 9.88 Å². The average Bonchev–Trinajstić information content (AvgIpc) is 3.53. The first-order valence-corrected chi connectivity index (χ1v) is 13.4. The van der Waals surface area contributed by atoms with Crippen molar-refractivity contribution in [3.05, 3.63) is 65.1 Å². The summed E-state index contributed by atoms with van der Waals surface area (Å²) in [4.78, 5) is 21.9. The van der Waals surface area contributed by atoms with E-state index in [1.54, 1.807) is 6.07 Å². The number of aromatic amines is 1. The van der Waals surface area contributed by atoms with Gasteiger partial charge in [0.1, 0.15) is 5.82 Å². The van der Waals surface area contributed by atoms with Crippen LogP contribution in [0.1, 0.15) is 74.1 Å². The van der Waals surface area contributed by atoms with Crippen LogP contribution >= 0.6 is 0 Å². The Bertz CT molecular complexity index is 1250. The van der Waals surface area contributed by atoms with Gasteiger partial charge in [-0.1, -0.05) is 43.2 Å². The minimum Gasteiger partial charge on any atom is -0.375 e. The van der Waals surface area contributed by atoms with Crippen molar-refractivity contribution in [2.45, 2.75) is 69.2 Å². The van der Waals surface area contributed by atoms with E-state index in [9.17, 15) is 9.18 Å². The van der Waals surface area contributed by atoms with Crippen LogP contribution < -0.4 is 4.90 Å². The van der Waals surface area contributed by atoms with Crippen molar-refractivity contribution in [3.63, 3.8) is 0 Å². The van der Waals surface area contributed by atoms with Gasteiger partial charge in [-0.2, -0.15) is 0 Å². The quantitative estimate of drug-likeness (QED) is 0.472. The second-order valence-electron chi connectivity index (χ2n) is 11.1. The van der Waals surface area contributed by atoms with Crippen LogP contribution in [0.15, 0.2) is 42.5 Å². The lowest BCUT2D eigenvalue weighted by atomic mass is 9.68. The number of carbonyl (C=O) groups is 1. The highest BCUT2D eigenvalue weighted by molar-refractivity contribution is 5.87. The Balaban J connectivity index is 1.39. The lowest BCUT2D eigenvalue weighted by Gasteiger charge is -2.51. The Kier molecular flexibility index (Phi) is 5.62. The number of hydrogen-bond acceptors (Lipinski definition) is 2. The Morgan fingerprint density at radius 3 is 2.51 bits per heavy atom. The van der Waals surface area contributed by atoms with Crippen LogP contribution in [0.25, 0.3) is 10.9 Å². The van der Waals surface area contributed by atoms with E-state index in [1.165, 1.54) is 35.0 Å². The number of fused-ring (bicyclic) bond motifs is 4. The molecule has 0 atom stereocenters. The lowest BCUT2D eigenvalue weighted by Crippen LogP contribution is -2.56. The monoisotopic (exact) mass is 473 g/mol. The minimum absolute atomic E-state index is 0.151. The van der Waals surface area contributed by atoms with E-state index in [0.29, 0.717) is 17.5 Å². The molecule has 0 bridgehead atoms. The van der Waals surface area contributed by atoms with Gasteiger partial charge in [0.25, 0.3) is 0 Å². The third kappa shape index (κ3) is 3.57. The molecule has 0 unspecified atom stereocenters. The molecule has 1 spiro atoms. The molecule has 2 aliphatic carbocycles. The fraction of sp³-hybridized carbons (Fsp3) is 0.500. The zero-order chi connectivity index (χ0) is 24.2. The van der Waals surface area contributed by atoms with Gasteiger partial charge >= 0.3 is 0 Å². The molecule has 4 nitrogen and oxygen atoms in total. The maximum atomic E-state index is 14.8. The number of rotatable bonds is 3. The largest absolute Gasteiger partial charge is 0.375 e. The van der Waals surface area contributed by atoms with Crippen LogP contribution in [0, 0.1) is 11.7 Å². The highest BCUT2D eigenvalue weighted by Gasteiger charge is 2.50. The first kappa shape index (κ1) is 22.6. The van der Waals surface area contributed by atoms with Gasteiger partial charge in [-0.3, -0.25) is 4.79 Å². The van der Waals surface area contributed by atoms with Gasteiger partial charge in [-0.25, -0.2) is 4.39 Å². The third-order valence-electron chi connectivity index (χ3n) is 9.07. The van der Waals surface area contributed by atoms with Crippen molar-refractivity contribution in [3.8, 4) is 0 Å². The van der Waals surface area contributed by atoms with E-state index in [-0.39, 0.29) is 17.3 Å². The molecule has 2 saturated carbocycles. The van der Waals surface area contributed by atoms with E-state index in [0.717, 1.165) is 57.1 Å². The fourth-order valence-electron chi connectivity index (χ4n) is 7.40. The summed E-state index contributed by atoms with van der Waals surface area (Å²) in [6, 6.07) is 14.1. The van der Waals surface area contributed by atoms with Gasteiger partial charge in [0.2, 0.25) is 5.91 Å². The molecule has 1 amide bonds. The van der Waals surface area contributed by atoms with Crippen molar-refractivity contribution >= 4 is 22.5 Å². The topological polar surface area (TPSA) is 39.3 Å².